The monoisotopic (exact) mass is 543 g/mol. The number of carbonyl (C=O) groups excluding carboxylic acids is 2. The summed E-state index contributed by atoms with van der Waals surface area (Å²) in [7, 11) is 0. The van der Waals surface area contributed by atoms with Gasteiger partial charge in [-0.3, -0.25) is 4.79 Å². The Morgan fingerprint density at radius 2 is 1.56 bits per heavy atom. The van der Waals surface area contributed by atoms with Gasteiger partial charge in [-0.15, -0.1) is 0 Å². The fourth-order valence-electron chi connectivity index (χ4n) is 2.61. The number of carbonyl (C=O) groups is 2. The van der Waals surface area contributed by atoms with Gasteiger partial charge in [0.1, 0.15) is 28.9 Å². The highest BCUT2D eigenvalue weighted by atomic mass is 35.5. The van der Waals surface area contributed by atoms with E-state index in [9.17, 15) is 22.8 Å². The molecular formula is C24H18Cl2F3NO6. The third-order valence-corrected chi connectivity index (χ3v) is 4.93. The van der Waals surface area contributed by atoms with Gasteiger partial charge in [0.25, 0.3) is 0 Å². The molecule has 0 N–H and O–H groups in total. The average molecular weight is 544 g/mol. The minimum absolute atomic E-state index is 0.208. The van der Waals surface area contributed by atoms with Crippen LogP contribution in [0.15, 0.2) is 60.8 Å². The van der Waals surface area contributed by atoms with Gasteiger partial charge in [0.2, 0.25) is 11.7 Å². The van der Waals surface area contributed by atoms with E-state index >= 15 is 0 Å². The molecule has 0 aliphatic rings. The summed E-state index contributed by atoms with van der Waals surface area (Å²) >= 11 is 11.6. The van der Waals surface area contributed by atoms with Crippen LogP contribution in [0.2, 0.25) is 10.0 Å². The van der Waals surface area contributed by atoms with Crippen molar-refractivity contribution < 1.29 is 41.7 Å². The molecule has 0 fully saturated rings. The highest BCUT2D eigenvalue weighted by Gasteiger charge is 2.31. The highest BCUT2D eigenvalue weighted by molar-refractivity contribution is 6.32. The SMILES string of the molecule is CC(Oc1ccc(Oc2ncc(C(F)(F)F)cc2Cl)cc1)C(=O)OCC(=O)COc1ccc(Cl)cc1. The summed E-state index contributed by atoms with van der Waals surface area (Å²) in [5.74, 6) is -0.494. The second kappa shape index (κ2) is 12.0. The molecule has 3 aromatic rings. The van der Waals surface area contributed by atoms with Crippen molar-refractivity contribution >= 4 is 35.0 Å². The number of ketones is 1. The summed E-state index contributed by atoms with van der Waals surface area (Å²) < 4.78 is 59.3. The molecule has 12 heteroatoms. The Morgan fingerprint density at radius 1 is 0.944 bits per heavy atom. The molecule has 0 saturated carbocycles. The van der Waals surface area contributed by atoms with Gasteiger partial charge in [-0.25, -0.2) is 9.78 Å². The smallest absolute Gasteiger partial charge is 0.417 e. The van der Waals surface area contributed by atoms with Crippen LogP contribution in [-0.4, -0.2) is 36.1 Å². The first-order valence-corrected chi connectivity index (χ1v) is 11.0. The predicted molar refractivity (Wildman–Crippen MR) is 124 cm³/mol. The maximum absolute atomic E-state index is 12.7. The molecule has 0 aliphatic carbocycles. The van der Waals surface area contributed by atoms with Gasteiger partial charge in [-0.1, -0.05) is 23.2 Å². The van der Waals surface area contributed by atoms with E-state index in [1.165, 1.54) is 31.2 Å². The van der Waals surface area contributed by atoms with E-state index < -0.39 is 36.2 Å². The van der Waals surface area contributed by atoms with Crippen LogP contribution in [0.25, 0.3) is 0 Å². The van der Waals surface area contributed by atoms with E-state index in [4.69, 9.17) is 42.1 Å². The molecule has 0 amide bonds. The maximum atomic E-state index is 12.7. The fourth-order valence-corrected chi connectivity index (χ4v) is 2.94. The first kappa shape index (κ1) is 27.1. The number of alkyl halides is 3. The van der Waals surface area contributed by atoms with Crippen LogP contribution in [0.3, 0.4) is 0 Å². The Bertz CT molecular complexity index is 1200. The molecule has 1 heterocycles. The van der Waals surface area contributed by atoms with Gasteiger partial charge in [0.15, 0.2) is 12.7 Å². The molecular weight excluding hydrogens is 526 g/mol. The number of pyridine rings is 1. The lowest BCUT2D eigenvalue weighted by molar-refractivity contribution is -0.154. The maximum Gasteiger partial charge on any atom is 0.417 e. The Morgan fingerprint density at radius 3 is 2.17 bits per heavy atom. The van der Waals surface area contributed by atoms with Crippen molar-refractivity contribution in [3.63, 3.8) is 0 Å². The molecule has 1 aromatic heterocycles. The number of rotatable bonds is 10. The summed E-state index contributed by atoms with van der Waals surface area (Å²) in [6.07, 6.45) is -5.00. The Balaban J connectivity index is 1.45. The number of benzene rings is 2. The number of esters is 1. The van der Waals surface area contributed by atoms with Crippen molar-refractivity contribution in [3.8, 4) is 23.1 Å². The van der Waals surface area contributed by atoms with E-state index in [0.29, 0.717) is 23.0 Å². The molecule has 1 atom stereocenters. The number of nitrogens with zero attached hydrogens (tertiary/aromatic N) is 1. The van der Waals surface area contributed by atoms with E-state index in [-0.39, 0.29) is 29.0 Å². The topological polar surface area (TPSA) is 84.0 Å². The van der Waals surface area contributed by atoms with E-state index in [0.717, 1.165) is 0 Å². The van der Waals surface area contributed by atoms with Crippen LogP contribution >= 0.6 is 23.2 Å². The number of hydrogen-bond donors (Lipinski definition) is 0. The van der Waals surface area contributed by atoms with E-state index in [1.807, 2.05) is 0 Å². The van der Waals surface area contributed by atoms with Crippen molar-refractivity contribution in [1.82, 2.24) is 4.98 Å². The summed E-state index contributed by atoms with van der Waals surface area (Å²) in [4.78, 5) is 27.6. The second-order valence-corrected chi connectivity index (χ2v) is 8.07. The van der Waals surface area contributed by atoms with Crippen LogP contribution in [0, 0.1) is 0 Å². The lowest BCUT2D eigenvalue weighted by atomic mass is 10.3. The Hall–Kier alpha value is -3.50. The van der Waals surface area contributed by atoms with Crippen molar-refractivity contribution in [2.75, 3.05) is 13.2 Å². The zero-order valence-corrected chi connectivity index (χ0v) is 20.1. The van der Waals surface area contributed by atoms with E-state index in [1.54, 1.807) is 24.3 Å². The van der Waals surface area contributed by atoms with Crippen molar-refractivity contribution in [2.45, 2.75) is 19.2 Å². The number of Topliss-reactive ketones (excluding diaryl/α,β-unsaturated/α-hetero) is 1. The minimum atomic E-state index is -4.58. The first-order chi connectivity index (χ1) is 17.0. The summed E-state index contributed by atoms with van der Waals surface area (Å²) in [5.41, 5.74) is -1.000. The molecule has 0 bridgehead atoms. The number of hydrogen-bond acceptors (Lipinski definition) is 7. The average Bonchev–Trinajstić information content (AvgIpc) is 2.83. The van der Waals surface area contributed by atoms with E-state index in [2.05, 4.69) is 4.98 Å². The summed E-state index contributed by atoms with van der Waals surface area (Å²) in [5, 5.41) is 0.217. The standard InChI is InChI=1S/C24H18Cl2F3NO6/c1-14(23(32)34-13-17(31)12-33-18-4-2-16(25)3-5-18)35-19-6-8-20(9-7-19)36-22-21(26)10-15(11-30-22)24(27,28)29/h2-11,14H,12-13H2,1H3. The number of ether oxygens (including phenoxy) is 4. The lowest BCUT2D eigenvalue weighted by Crippen LogP contribution is -2.29. The Labute approximate surface area is 213 Å². The molecule has 0 radical (unpaired) electrons. The normalized spacial score (nSPS) is 11.9. The molecule has 0 aliphatic heterocycles. The highest BCUT2D eigenvalue weighted by Crippen LogP contribution is 2.35. The third-order valence-electron chi connectivity index (χ3n) is 4.41. The summed E-state index contributed by atoms with van der Waals surface area (Å²) in [6.45, 7) is 0.657. The third kappa shape index (κ3) is 8.03. The van der Waals surface area contributed by atoms with Gasteiger partial charge in [-0.05, 0) is 61.5 Å². The molecule has 0 spiro atoms. The number of aromatic nitrogens is 1. The largest absolute Gasteiger partial charge is 0.486 e. The molecule has 36 heavy (non-hydrogen) atoms. The zero-order valence-electron chi connectivity index (χ0n) is 18.6. The minimum Gasteiger partial charge on any atom is -0.486 e. The first-order valence-electron chi connectivity index (χ1n) is 10.3. The van der Waals surface area contributed by atoms with Crippen LogP contribution < -0.4 is 14.2 Å². The van der Waals surface area contributed by atoms with Gasteiger partial charge in [0.05, 0.1) is 5.56 Å². The van der Waals surface area contributed by atoms with Crippen molar-refractivity contribution in [1.29, 1.82) is 0 Å². The molecule has 3 rings (SSSR count). The van der Waals surface area contributed by atoms with Crippen LogP contribution in [0.4, 0.5) is 13.2 Å². The number of halogens is 5. The Kier molecular flexibility index (Phi) is 9.00. The molecule has 0 saturated heterocycles. The summed E-state index contributed by atoms with van der Waals surface area (Å²) in [6, 6.07) is 12.9. The molecule has 7 nitrogen and oxygen atoms in total. The quantitative estimate of drug-likeness (QED) is 0.283. The van der Waals surface area contributed by atoms with Crippen molar-refractivity contribution in [2.24, 2.45) is 0 Å². The molecule has 1 unspecified atom stereocenters. The lowest BCUT2D eigenvalue weighted by Gasteiger charge is -2.14. The van der Waals surface area contributed by atoms with Gasteiger partial charge < -0.3 is 18.9 Å². The van der Waals surface area contributed by atoms with Gasteiger partial charge in [0, 0.05) is 11.2 Å². The van der Waals surface area contributed by atoms with Crippen LogP contribution in [0.1, 0.15) is 12.5 Å². The van der Waals surface area contributed by atoms with Crippen LogP contribution in [-0.2, 0) is 20.5 Å². The van der Waals surface area contributed by atoms with Crippen LogP contribution in [0.5, 0.6) is 23.1 Å². The van der Waals surface area contributed by atoms with Crippen molar-refractivity contribution in [3.05, 3.63) is 76.4 Å². The molecule has 190 valence electrons. The predicted octanol–water partition coefficient (Wildman–Crippen LogP) is 6.16. The fraction of sp³-hybridized carbons (Fsp3) is 0.208. The van der Waals surface area contributed by atoms with Gasteiger partial charge >= 0.3 is 12.1 Å². The molecule has 2 aromatic carbocycles. The zero-order chi connectivity index (χ0) is 26.3. The van der Waals surface area contributed by atoms with Gasteiger partial charge in [-0.2, -0.15) is 13.2 Å². The second-order valence-electron chi connectivity index (χ2n) is 7.23.